The lowest BCUT2D eigenvalue weighted by Gasteiger charge is -2.27. The zero-order valence-electron chi connectivity index (χ0n) is 21.9. The zero-order chi connectivity index (χ0) is 26.2. The molecule has 0 fully saturated rings. The molecule has 0 aromatic heterocycles. The number of aldehydes is 1. The molecule has 5 nitrogen and oxygen atoms in total. The molecular weight excluding hydrogens is 458 g/mol. The highest BCUT2D eigenvalue weighted by atomic mass is 16.2. The van der Waals surface area contributed by atoms with Gasteiger partial charge in [0.2, 0.25) is 5.91 Å². The Morgan fingerprint density at radius 2 is 1.32 bits per heavy atom. The number of carbonyl (C=O) groups is 2. The first-order chi connectivity index (χ1) is 17.9. The topological polar surface area (TPSA) is 70.2 Å². The number of carbonyl (C=O) groups excluding carboxylic acids is 2. The fourth-order valence-corrected chi connectivity index (χ4v) is 4.88. The van der Waals surface area contributed by atoms with Gasteiger partial charge in [-0.25, -0.2) is 0 Å². The number of hydrogen-bond donors (Lipinski definition) is 3. The van der Waals surface area contributed by atoms with Crippen LogP contribution in [-0.4, -0.2) is 37.5 Å². The average Bonchev–Trinajstić information content (AvgIpc) is 2.90. The maximum absolute atomic E-state index is 13.4. The summed E-state index contributed by atoms with van der Waals surface area (Å²) < 4.78 is 0. The average molecular weight is 496 g/mol. The van der Waals surface area contributed by atoms with E-state index in [1.165, 1.54) is 10.8 Å². The van der Waals surface area contributed by atoms with E-state index in [0.717, 1.165) is 28.2 Å². The summed E-state index contributed by atoms with van der Waals surface area (Å²) in [5.41, 5.74) is 2.19. The van der Waals surface area contributed by atoms with Crippen LogP contribution in [0.3, 0.4) is 0 Å². The van der Waals surface area contributed by atoms with Crippen LogP contribution in [-0.2, 0) is 22.4 Å². The third-order valence-electron chi connectivity index (χ3n) is 6.79. The second kappa shape index (κ2) is 12.6. The van der Waals surface area contributed by atoms with Crippen molar-refractivity contribution >= 4 is 33.7 Å². The van der Waals surface area contributed by atoms with E-state index in [9.17, 15) is 9.59 Å². The minimum Gasteiger partial charge on any atom is -0.339 e. The molecule has 0 saturated heterocycles. The van der Waals surface area contributed by atoms with Gasteiger partial charge in [-0.05, 0) is 58.5 Å². The van der Waals surface area contributed by atoms with Crippen molar-refractivity contribution in [2.75, 3.05) is 7.05 Å². The Morgan fingerprint density at radius 3 is 1.84 bits per heavy atom. The van der Waals surface area contributed by atoms with Gasteiger partial charge in [-0.1, -0.05) is 98.8 Å². The first-order valence-electron chi connectivity index (χ1n) is 13.1. The molecule has 0 aliphatic carbocycles. The Balaban J connectivity index is 1.51. The van der Waals surface area contributed by atoms with Crippen LogP contribution < -0.4 is 16.0 Å². The fourth-order valence-electron chi connectivity index (χ4n) is 4.88. The molecule has 0 aliphatic heterocycles. The molecule has 3 N–H and O–H groups in total. The van der Waals surface area contributed by atoms with Crippen LogP contribution in [0.25, 0.3) is 21.5 Å². The number of rotatable bonds is 12. The van der Waals surface area contributed by atoms with Gasteiger partial charge in [0.1, 0.15) is 6.29 Å². The van der Waals surface area contributed by atoms with Gasteiger partial charge in [-0.2, -0.15) is 0 Å². The molecule has 0 heterocycles. The van der Waals surface area contributed by atoms with Crippen LogP contribution in [0.15, 0.2) is 84.9 Å². The lowest BCUT2D eigenvalue weighted by atomic mass is 10.00. The summed E-state index contributed by atoms with van der Waals surface area (Å²) in [5.74, 6) is 0.265. The van der Waals surface area contributed by atoms with Gasteiger partial charge in [0, 0.05) is 6.42 Å². The molecule has 1 amide bonds. The summed E-state index contributed by atoms with van der Waals surface area (Å²) in [5, 5.41) is 14.4. The van der Waals surface area contributed by atoms with E-state index in [0.29, 0.717) is 25.2 Å². The standard InChI is InChI=1S/C32H37N3O2/c1-22(2)16-29(21-36)34-31(20-24-13-15-26-9-5-7-11-28(26)18-24)35-32(37)30(33-3)19-23-12-14-25-8-4-6-10-27(25)17-23/h4-15,17-18,21-22,29-31,33-34H,16,19-20H2,1-3H3,(H,35,37)/t29-,30?,31?/m0/s1. The van der Waals surface area contributed by atoms with Gasteiger partial charge in [-0.3, -0.25) is 10.1 Å². The quantitative estimate of drug-likeness (QED) is 0.191. The largest absolute Gasteiger partial charge is 0.339 e. The molecule has 37 heavy (non-hydrogen) atoms. The molecule has 3 atom stereocenters. The smallest absolute Gasteiger partial charge is 0.238 e. The van der Waals surface area contributed by atoms with E-state index in [-0.39, 0.29) is 18.1 Å². The maximum atomic E-state index is 13.4. The Bertz CT molecular complexity index is 1350. The normalized spacial score (nSPS) is 13.9. The number of fused-ring (bicyclic) bond motifs is 2. The second-order valence-electron chi connectivity index (χ2n) is 10.2. The van der Waals surface area contributed by atoms with Gasteiger partial charge < -0.3 is 15.4 Å². The van der Waals surface area contributed by atoms with Gasteiger partial charge in [-0.15, -0.1) is 0 Å². The molecule has 0 aliphatic rings. The van der Waals surface area contributed by atoms with Gasteiger partial charge in [0.15, 0.2) is 0 Å². The number of likely N-dealkylation sites (N-methyl/N-ethyl adjacent to an activating group) is 1. The van der Waals surface area contributed by atoms with E-state index >= 15 is 0 Å². The molecule has 0 bridgehead atoms. The molecule has 0 radical (unpaired) electrons. The lowest BCUT2D eigenvalue weighted by Crippen LogP contribution is -2.56. The van der Waals surface area contributed by atoms with E-state index in [2.05, 4.69) is 90.5 Å². The third kappa shape index (κ3) is 7.25. The highest BCUT2D eigenvalue weighted by Crippen LogP contribution is 2.18. The molecule has 0 spiro atoms. The number of nitrogens with one attached hydrogen (secondary N) is 3. The van der Waals surface area contributed by atoms with Crippen molar-refractivity contribution in [1.82, 2.24) is 16.0 Å². The predicted octanol–water partition coefficient (Wildman–Crippen LogP) is 5.01. The lowest BCUT2D eigenvalue weighted by molar-refractivity contribution is -0.124. The van der Waals surface area contributed by atoms with Crippen LogP contribution in [0.2, 0.25) is 0 Å². The summed E-state index contributed by atoms with van der Waals surface area (Å²) in [6.07, 6.45) is 2.42. The Morgan fingerprint density at radius 1 is 0.784 bits per heavy atom. The van der Waals surface area contributed by atoms with Crippen molar-refractivity contribution in [2.24, 2.45) is 5.92 Å². The van der Waals surface area contributed by atoms with Crippen molar-refractivity contribution in [1.29, 1.82) is 0 Å². The van der Waals surface area contributed by atoms with Crippen molar-refractivity contribution in [3.8, 4) is 0 Å². The minimum atomic E-state index is -0.401. The summed E-state index contributed by atoms with van der Waals surface area (Å²) >= 11 is 0. The first-order valence-corrected chi connectivity index (χ1v) is 13.1. The molecule has 4 rings (SSSR count). The Labute approximate surface area is 219 Å². The first kappa shape index (κ1) is 26.5. The maximum Gasteiger partial charge on any atom is 0.238 e. The SMILES string of the molecule is CNC(Cc1ccc2ccccc2c1)C(=O)NC(Cc1ccc2ccccc2c1)N[C@H](C=O)CC(C)C. The number of amides is 1. The third-order valence-corrected chi connectivity index (χ3v) is 6.79. The van der Waals surface area contributed by atoms with Crippen LogP contribution in [0, 0.1) is 5.92 Å². The molecule has 192 valence electrons. The van der Waals surface area contributed by atoms with Crippen molar-refractivity contribution in [3.63, 3.8) is 0 Å². The summed E-state index contributed by atoms with van der Waals surface area (Å²) in [6.45, 7) is 4.19. The predicted molar refractivity (Wildman–Crippen MR) is 153 cm³/mol. The van der Waals surface area contributed by atoms with Crippen molar-refractivity contribution in [3.05, 3.63) is 96.1 Å². The van der Waals surface area contributed by atoms with E-state index < -0.39 is 6.04 Å². The van der Waals surface area contributed by atoms with Crippen molar-refractivity contribution < 1.29 is 9.59 Å². The Kier molecular flexibility index (Phi) is 9.04. The highest BCUT2D eigenvalue weighted by Gasteiger charge is 2.23. The number of benzene rings is 4. The molecule has 4 aromatic carbocycles. The molecule has 2 unspecified atom stereocenters. The second-order valence-corrected chi connectivity index (χ2v) is 10.2. The zero-order valence-corrected chi connectivity index (χ0v) is 21.9. The highest BCUT2D eigenvalue weighted by molar-refractivity contribution is 5.85. The summed E-state index contributed by atoms with van der Waals surface area (Å²) in [7, 11) is 1.81. The van der Waals surface area contributed by atoms with E-state index in [1.807, 2.05) is 31.3 Å². The van der Waals surface area contributed by atoms with Gasteiger partial charge in [0.05, 0.1) is 18.2 Å². The van der Waals surface area contributed by atoms with Gasteiger partial charge in [0.25, 0.3) is 0 Å². The molecule has 5 heteroatoms. The summed E-state index contributed by atoms with van der Waals surface area (Å²) in [4.78, 5) is 25.3. The van der Waals surface area contributed by atoms with E-state index in [1.54, 1.807) is 0 Å². The monoisotopic (exact) mass is 495 g/mol. The summed E-state index contributed by atoms with van der Waals surface area (Å²) in [6, 6.07) is 28.4. The van der Waals surface area contributed by atoms with Crippen LogP contribution in [0.4, 0.5) is 0 Å². The number of hydrogen-bond acceptors (Lipinski definition) is 4. The van der Waals surface area contributed by atoms with Crippen LogP contribution >= 0.6 is 0 Å². The van der Waals surface area contributed by atoms with Gasteiger partial charge >= 0.3 is 0 Å². The molecule has 0 saturated carbocycles. The van der Waals surface area contributed by atoms with E-state index in [4.69, 9.17) is 0 Å². The fraction of sp³-hybridized carbons (Fsp3) is 0.312. The van der Waals surface area contributed by atoms with Crippen molar-refractivity contribution in [2.45, 2.75) is 51.4 Å². The molecular formula is C32H37N3O2. The van der Waals surface area contributed by atoms with Crippen LogP contribution in [0.1, 0.15) is 31.4 Å². The van der Waals surface area contributed by atoms with Crippen LogP contribution in [0.5, 0.6) is 0 Å². The Hall–Kier alpha value is -3.54. The molecule has 4 aromatic rings. The minimum absolute atomic E-state index is 0.0943.